The van der Waals surface area contributed by atoms with Crippen LogP contribution in [0.5, 0.6) is 0 Å². The number of anilines is 1. The molecule has 0 radical (unpaired) electrons. The van der Waals surface area contributed by atoms with Gasteiger partial charge >= 0.3 is 0 Å². The summed E-state index contributed by atoms with van der Waals surface area (Å²) in [6, 6.07) is 7.41. The Morgan fingerprint density at radius 3 is 2.61 bits per heavy atom. The van der Waals surface area contributed by atoms with Gasteiger partial charge < -0.3 is 15.5 Å². The van der Waals surface area contributed by atoms with E-state index in [1.165, 1.54) is 0 Å². The van der Waals surface area contributed by atoms with Crippen LogP contribution in [0.3, 0.4) is 0 Å². The van der Waals surface area contributed by atoms with Crippen molar-refractivity contribution in [1.29, 1.82) is 0 Å². The average Bonchev–Trinajstić information content (AvgIpc) is 3.11. The van der Waals surface area contributed by atoms with E-state index in [4.69, 9.17) is 0 Å². The largest absolute Gasteiger partial charge is 0.344 e. The highest BCUT2D eigenvalue weighted by Gasteiger charge is 2.49. The second-order valence-electron chi connectivity index (χ2n) is 6.57. The third-order valence-corrected chi connectivity index (χ3v) is 5.35. The molecular formula is C17H19N3O3. The molecule has 0 bridgehead atoms. The van der Waals surface area contributed by atoms with E-state index in [0.29, 0.717) is 38.8 Å². The van der Waals surface area contributed by atoms with Gasteiger partial charge in [0.05, 0.1) is 5.41 Å². The van der Waals surface area contributed by atoms with E-state index in [9.17, 15) is 14.4 Å². The number of likely N-dealkylation sites (tertiary alicyclic amines) is 1. The van der Waals surface area contributed by atoms with Crippen molar-refractivity contribution in [2.45, 2.75) is 37.1 Å². The van der Waals surface area contributed by atoms with Crippen LogP contribution in [0.15, 0.2) is 24.3 Å². The number of nitrogens with one attached hydrogen (secondary N) is 2. The van der Waals surface area contributed by atoms with Crippen molar-refractivity contribution in [3.8, 4) is 0 Å². The Balaban J connectivity index is 1.50. The van der Waals surface area contributed by atoms with Crippen molar-refractivity contribution in [3.05, 3.63) is 29.8 Å². The standard InChI is InChI=1S/C17H19N3O3/c21-14-6-5-13(18-14)15(22)20-9-7-17(8-10-20)11-3-1-2-4-12(11)19-16(17)23/h1-4,13H,5-10H2,(H,18,21)(H,19,23). The van der Waals surface area contributed by atoms with Gasteiger partial charge in [-0.15, -0.1) is 0 Å². The first-order valence-electron chi connectivity index (χ1n) is 8.09. The summed E-state index contributed by atoms with van der Waals surface area (Å²) < 4.78 is 0. The van der Waals surface area contributed by atoms with Crippen LogP contribution in [0.4, 0.5) is 5.69 Å². The van der Waals surface area contributed by atoms with Crippen molar-refractivity contribution in [1.82, 2.24) is 10.2 Å². The summed E-state index contributed by atoms with van der Waals surface area (Å²) >= 11 is 0. The summed E-state index contributed by atoms with van der Waals surface area (Å²) in [5.74, 6) is -0.0294. The summed E-state index contributed by atoms with van der Waals surface area (Å²) in [4.78, 5) is 38.1. The summed E-state index contributed by atoms with van der Waals surface area (Å²) in [7, 11) is 0. The molecule has 120 valence electrons. The summed E-state index contributed by atoms with van der Waals surface area (Å²) in [5.41, 5.74) is 1.43. The number of carbonyl (C=O) groups is 3. The second-order valence-corrected chi connectivity index (χ2v) is 6.57. The van der Waals surface area contributed by atoms with Crippen LogP contribution >= 0.6 is 0 Å². The number of hydrogen-bond donors (Lipinski definition) is 2. The number of nitrogens with zero attached hydrogens (tertiary/aromatic N) is 1. The van der Waals surface area contributed by atoms with Gasteiger partial charge in [0.2, 0.25) is 17.7 Å². The third kappa shape index (κ3) is 2.12. The number of hydrogen-bond acceptors (Lipinski definition) is 3. The van der Waals surface area contributed by atoms with Gasteiger partial charge in [0.1, 0.15) is 6.04 Å². The molecule has 4 rings (SSSR count). The Kier molecular flexibility index (Phi) is 3.14. The molecule has 2 N–H and O–H groups in total. The molecule has 3 aliphatic rings. The van der Waals surface area contributed by atoms with Gasteiger partial charge in [-0.1, -0.05) is 18.2 Å². The molecule has 0 aliphatic carbocycles. The van der Waals surface area contributed by atoms with Crippen molar-refractivity contribution in [2.75, 3.05) is 18.4 Å². The van der Waals surface area contributed by atoms with E-state index in [0.717, 1.165) is 11.3 Å². The molecular weight excluding hydrogens is 294 g/mol. The molecule has 23 heavy (non-hydrogen) atoms. The van der Waals surface area contributed by atoms with Gasteiger partial charge in [0, 0.05) is 25.2 Å². The molecule has 1 aromatic rings. The van der Waals surface area contributed by atoms with Gasteiger partial charge in [-0.25, -0.2) is 0 Å². The molecule has 2 fully saturated rings. The fourth-order valence-corrected chi connectivity index (χ4v) is 4.00. The van der Waals surface area contributed by atoms with E-state index in [-0.39, 0.29) is 23.8 Å². The lowest BCUT2D eigenvalue weighted by atomic mass is 9.73. The van der Waals surface area contributed by atoms with Crippen molar-refractivity contribution in [3.63, 3.8) is 0 Å². The number of para-hydroxylation sites is 1. The van der Waals surface area contributed by atoms with E-state index < -0.39 is 5.41 Å². The molecule has 0 aromatic heterocycles. The fraction of sp³-hybridized carbons (Fsp3) is 0.471. The first kappa shape index (κ1) is 14.2. The molecule has 1 unspecified atom stereocenters. The third-order valence-electron chi connectivity index (χ3n) is 5.35. The number of fused-ring (bicyclic) bond motifs is 2. The predicted octanol–water partition coefficient (Wildman–Crippen LogP) is 0.777. The zero-order chi connectivity index (χ0) is 16.0. The van der Waals surface area contributed by atoms with E-state index >= 15 is 0 Å². The molecule has 6 heteroatoms. The SMILES string of the molecule is O=C1CCC(C(=O)N2CCC3(CC2)C(=O)Nc2ccccc23)N1. The van der Waals surface area contributed by atoms with Crippen molar-refractivity contribution >= 4 is 23.4 Å². The molecule has 3 amide bonds. The quantitative estimate of drug-likeness (QED) is 0.804. The van der Waals surface area contributed by atoms with Crippen LogP contribution in [0, 0.1) is 0 Å². The number of amides is 3. The van der Waals surface area contributed by atoms with Crippen molar-refractivity contribution in [2.24, 2.45) is 0 Å². The fourth-order valence-electron chi connectivity index (χ4n) is 4.00. The Morgan fingerprint density at radius 1 is 1.17 bits per heavy atom. The summed E-state index contributed by atoms with van der Waals surface area (Å²) in [5, 5.41) is 5.69. The lowest BCUT2D eigenvalue weighted by molar-refractivity contribution is -0.137. The maximum atomic E-state index is 12.5. The topological polar surface area (TPSA) is 78.5 Å². The molecule has 3 aliphatic heterocycles. The number of piperidine rings is 1. The van der Waals surface area contributed by atoms with Crippen LogP contribution in [0.25, 0.3) is 0 Å². The highest BCUT2D eigenvalue weighted by atomic mass is 16.2. The van der Waals surface area contributed by atoms with Gasteiger partial charge in [-0.05, 0) is 30.9 Å². The lowest BCUT2D eigenvalue weighted by Gasteiger charge is -2.38. The van der Waals surface area contributed by atoms with E-state index in [1.54, 1.807) is 4.90 Å². The smallest absolute Gasteiger partial charge is 0.245 e. The van der Waals surface area contributed by atoms with Gasteiger partial charge in [-0.2, -0.15) is 0 Å². The Labute approximate surface area is 134 Å². The van der Waals surface area contributed by atoms with Crippen molar-refractivity contribution < 1.29 is 14.4 Å². The van der Waals surface area contributed by atoms with Gasteiger partial charge in [0.25, 0.3) is 0 Å². The second kappa shape index (κ2) is 5.08. The highest BCUT2D eigenvalue weighted by Crippen LogP contribution is 2.44. The molecule has 1 spiro atoms. The maximum absolute atomic E-state index is 12.5. The highest BCUT2D eigenvalue weighted by molar-refractivity contribution is 6.06. The summed E-state index contributed by atoms with van der Waals surface area (Å²) in [6.07, 6.45) is 2.25. The van der Waals surface area contributed by atoms with Crippen LogP contribution in [0.1, 0.15) is 31.2 Å². The lowest BCUT2D eigenvalue weighted by Crippen LogP contribution is -2.52. The molecule has 0 saturated carbocycles. The number of rotatable bonds is 1. The van der Waals surface area contributed by atoms with Crippen LogP contribution in [-0.2, 0) is 19.8 Å². The van der Waals surface area contributed by atoms with Crippen LogP contribution < -0.4 is 10.6 Å². The molecule has 2 saturated heterocycles. The number of carbonyl (C=O) groups excluding carboxylic acids is 3. The minimum absolute atomic E-state index is 0.0163. The van der Waals surface area contributed by atoms with Gasteiger partial charge in [0.15, 0.2) is 0 Å². The molecule has 6 nitrogen and oxygen atoms in total. The first-order chi connectivity index (χ1) is 11.1. The Bertz CT molecular complexity index is 692. The maximum Gasteiger partial charge on any atom is 0.245 e. The normalized spacial score (nSPS) is 25.2. The average molecular weight is 313 g/mol. The summed E-state index contributed by atoms with van der Waals surface area (Å²) in [6.45, 7) is 1.10. The first-order valence-corrected chi connectivity index (χ1v) is 8.09. The minimum atomic E-state index is -0.508. The predicted molar refractivity (Wildman–Crippen MR) is 83.7 cm³/mol. The van der Waals surface area contributed by atoms with E-state index in [1.807, 2.05) is 24.3 Å². The molecule has 3 heterocycles. The van der Waals surface area contributed by atoms with E-state index in [2.05, 4.69) is 10.6 Å². The minimum Gasteiger partial charge on any atom is -0.344 e. The Hall–Kier alpha value is -2.37. The van der Waals surface area contributed by atoms with Crippen LogP contribution in [0.2, 0.25) is 0 Å². The zero-order valence-electron chi connectivity index (χ0n) is 12.8. The molecule has 1 atom stereocenters. The molecule has 1 aromatic carbocycles. The monoisotopic (exact) mass is 313 g/mol. The number of benzene rings is 1. The van der Waals surface area contributed by atoms with Gasteiger partial charge in [-0.3, -0.25) is 14.4 Å². The zero-order valence-corrected chi connectivity index (χ0v) is 12.8. The van der Waals surface area contributed by atoms with Crippen LogP contribution in [-0.4, -0.2) is 41.8 Å². The Morgan fingerprint density at radius 2 is 1.91 bits per heavy atom.